The minimum Gasteiger partial charge on any atom is -0.480 e. The van der Waals surface area contributed by atoms with Crippen LogP contribution in [-0.4, -0.2) is 17.1 Å². The molecule has 0 saturated carbocycles. The van der Waals surface area contributed by atoms with Crippen LogP contribution in [0.1, 0.15) is 23.1 Å². The molecule has 0 radical (unpaired) electrons. The van der Waals surface area contributed by atoms with E-state index in [9.17, 15) is 4.79 Å². The van der Waals surface area contributed by atoms with Crippen LogP contribution in [-0.2, 0) is 24.1 Å². The Morgan fingerprint density at radius 3 is 2.00 bits per heavy atom. The summed E-state index contributed by atoms with van der Waals surface area (Å²) in [4.78, 5) is 10.7. The number of benzene rings is 2. The van der Waals surface area contributed by atoms with E-state index in [-0.39, 0.29) is 0 Å². The van der Waals surface area contributed by atoms with Crippen molar-refractivity contribution in [3.05, 3.63) is 71.3 Å². The minimum atomic E-state index is -0.957. The second-order valence-electron chi connectivity index (χ2n) is 5.30. The van der Waals surface area contributed by atoms with Gasteiger partial charge in [-0.05, 0) is 42.4 Å². The second kappa shape index (κ2) is 7.60. The first kappa shape index (κ1) is 15.3. The van der Waals surface area contributed by atoms with Crippen LogP contribution in [0.25, 0.3) is 0 Å². The zero-order valence-corrected chi connectivity index (χ0v) is 12.0. The van der Waals surface area contributed by atoms with Gasteiger partial charge in [0.25, 0.3) is 0 Å². The van der Waals surface area contributed by atoms with Crippen LogP contribution in [0.15, 0.2) is 54.6 Å². The molecule has 1 atom stereocenters. The van der Waals surface area contributed by atoms with E-state index < -0.39 is 12.0 Å². The van der Waals surface area contributed by atoms with Gasteiger partial charge in [-0.15, -0.1) is 0 Å². The van der Waals surface area contributed by atoms with E-state index in [4.69, 9.17) is 10.8 Å². The SMILES string of the molecule is NC(Cc1ccc(CCCc2ccccc2)cc1)C(=O)O. The number of nitrogens with two attached hydrogens (primary N) is 1. The lowest BCUT2D eigenvalue weighted by atomic mass is 10.0. The fourth-order valence-electron chi connectivity index (χ4n) is 2.32. The molecule has 3 nitrogen and oxygen atoms in total. The molecule has 0 saturated heterocycles. The Morgan fingerprint density at radius 2 is 1.43 bits per heavy atom. The Morgan fingerprint density at radius 1 is 0.905 bits per heavy atom. The van der Waals surface area contributed by atoms with E-state index in [0.29, 0.717) is 6.42 Å². The zero-order chi connectivity index (χ0) is 15.1. The van der Waals surface area contributed by atoms with E-state index >= 15 is 0 Å². The van der Waals surface area contributed by atoms with Gasteiger partial charge >= 0.3 is 5.97 Å². The number of hydrogen-bond donors (Lipinski definition) is 2. The molecule has 0 spiro atoms. The summed E-state index contributed by atoms with van der Waals surface area (Å²) in [6.07, 6.45) is 3.59. The van der Waals surface area contributed by atoms with Gasteiger partial charge in [0.05, 0.1) is 0 Å². The Balaban J connectivity index is 1.81. The summed E-state index contributed by atoms with van der Waals surface area (Å²) < 4.78 is 0. The molecule has 110 valence electrons. The molecule has 0 aliphatic heterocycles. The fraction of sp³-hybridized carbons (Fsp3) is 0.278. The third kappa shape index (κ3) is 5.04. The second-order valence-corrected chi connectivity index (χ2v) is 5.30. The number of carbonyl (C=O) groups is 1. The first-order valence-corrected chi connectivity index (χ1v) is 7.25. The van der Waals surface area contributed by atoms with Crippen molar-refractivity contribution in [2.24, 2.45) is 5.73 Å². The number of rotatable bonds is 7. The summed E-state index contributed by atoms with van der Waals surface area (Å²) in [5, 5.41) is 8.80. The molecule has 1 unspecified atom stereocenters. The molecular formula is C18H21NO2. The number of carboxylic acid groups (broad SMARTS) is 1. The maximum absolute atomic E-state index is 10.7. The number of aryl methyl sites for hydroxylation is 2. The van der Waals surface area contributed by atoms with Crippen LogP contribution in [0, 0.1) is 0 Å². The molecule has 0 aromatic heterocycles. The maximum Gasteiger partial charge on any atom is 0.320 e. The van der Waals surface area contributed by atoms with Crippen molar-refractivity contribution in [2.75, 3.05) is 0 Å². The Bertz CT molecular complexity index is 564. The van der Waals surface area contributed by atoms with Gasteiger partial charge in [0.1, 0.15) is 6.04 Å². The topological polar surface area (TPSA) is 63.3 Å². The molecule has 0 heterocycles. The predicted molar refractivity (Wildman–Crippen MR) is 84.2 cm³/mol. The standard InChI is InChI=1S/C18H21NO2/c19-17(18(20)21)13-16-11-9-15(10-12-16)8-4-7-14-5-2-1-3-6-14/h1-3,5-6,9-12,17H,4,7-8,13,19H2,(H,20,21). The Kier molecular flexibility index (Phi) is 5.52. The summed E-state index contributed by atoms with van der Waals surface area (Å²) >= 11 is 0. The molecule has 21 heavy (non-hydrogen) atoms. The van der Waals surface area contributed by atoms with Crippen molar-refractivity contribution in [1.29, 1.82) is 0 Å². The van der Waals surface area contributed by atoms with E-state index in [1.54, 1.807) is 0 Å². The monoisotopic (exact) mass is 283 g/mol. The lowest BCUT2D eigenvalue weighted by Gasteiger charge is -2.07. The van der Waals surface area contributed by atoms with Gasteiger partial charge in [-0.3, -0.25) is 4.79 Å². The summed E-state index contributed by atoms with van der Waals surface area (Å²) in [5.41, 5.74) is 9.14. The average molecular weight is 283 g/mol. The smallest absolute Gasteiger partial charge is 0.320 e. The van der Waals surface area contributed by atoms with Gasteiger partial charge in [0, 0.05) is 0 Å². The third-order valence-corrected chi connectivity index (χ3v) is 3.57. The van der Waals surface area contributed by atoms with Gasteiger partial charge in [-0.2, -0.15) is 0 Å². The summed E-state index contributed by atoms with van der Waals surface area (Å²) in [5.74, 6) is -0.957. The van der Waals surface area contributed by atoms with Crippen LogP contribution in [0.5, 0.6) is 0 Å². The molecule has 0 aliphatic rings. The number of carboxylic acids is 1. The molecule has 3 heteroatoms. The molecule has 3 N–H and O–H groups in total. The first-order valence-electron chi connectivity index (χ1n) is 7.25. The molecular weight excluding hydrogens is 262 g/mol. The lowest BCUT2D eigenvalue weighted by molar-refractivity contribution is -0.138. The van der Waals surface area contributed by atoms with Crippen LogP contribution < -0.4 is 5.73 Å². The van der Waals surface area contributed by atoms with E-state index in [0.717, 1.165) is 24.8 Å². The quantitative estimate of drug-likeness (QED) is 0.821. The van der Waals surface area contributed by atoms with Crippen molar-refractivity contribution in [3.8, 4) is 0 Å². The van der Waals surface area contributed by atoms with Crippen LogP contribution >= 0.6 is 0 Å². The molecule has 2 aromatic rings. The largest absolute Gasteiger partial charge is 0.480 e. The molecule has 0 bridgehead atoms. The van der Waals surface area contributed by atoms with Crippen molar-refractivity contribution in [3.63, 3.8) is 0 Å². The molecule has 0 fully saturated rings. The van der Waals surface area contributed by atoms with Crippen molar-refractivity contribution in [1.82, 2.24) is 0 Å². The fourth-order valence-corrected chi connectivity index (χ4v) is 2.32. The van der Waals surface area contributed by atoms with Gasteiger partial charge in [0.15, 0.2) is 0 Å². The van der Waals surface area contributed by atoms with Gasteiger partial charge in [0.2, 0.25) is 0 Å². The summed E-state index contributed by atoms with van der Waals surface area (Å²) in [7, 11) is 0. The molecule has 0 aliphatic carbocycles. The van der Waals surface area contributed by atoms with Crippen LogP contribution in [0.3, 0.4) is 0 Å². The highest BCUT2D eigenvalue weighted by Crippen LogP contribution is 2.11. The minimum absolute atomic E-state index is 0.375. The number of hydrogen-bond acceptors (Lipinski definition) is 2. The first-order chi connectivity index (χ1) is 10.1. The molecule has 2 rings (SSSR count). The van der Waals surface area contributed by atoms with Crippen LogP contribution in [0.4, 0.5) is 0 Å². The van der Waals surface area contributed by atoms with Crippen molar-refractivity contribution < 1.29 is 9.90 Å². The number of aliphatic carboxylic acids is 1. The van der Waals surface area contributed by atoms with Gasteiger partial charge in [-0.1, -0.05) is 54.6 Å². The van der Waals surface area contributed by atoms with Crippen molar-refractivity contribution >= 4 is 5.97 Å². The van der Waals surface area contributed by atoms with Gasteiger partial charge in [-0.25, -0.2) is 0 Å². The van der Waals surface area contributed by atoms with Crippen LogP contribution in [0.2, 0.25) is 0 Å². The highest BCUT2D eigenvalue weighted by molar-refractivity contribution is 5.73. The zero-order valence-electron chi connectivity index (χ0n) is 12.0. The summed E-state index contributed by atoms with van der Waals surface area (Å²) in [6.45, 7) is 0. The van der Waals surface area contributed by atoms with E-state index in [2.05, 4.69) is 36.4 Å². The normalized spacial score (nSPS) is 12.0. The molecule has 0 amide bonds. The molecule has 2 aromatic carbocycles. The van der Waals surface area contributed by atoms with Crippen molar-refractivity contribution in [2.45, 2.75) is 31.7 Å². The summed E-state index contributed by atoms with van der Waals surface area (Å²) in [6, 6.07) is 17.7. The highest BCUT2D eigenvalue weighted by atomic mass is 16.4. The lowest BCUT2D eigenvalue weighted by Crippen LogP contribution is -2.32. The highest BCUT2D eigenvalue weighted by Gasteiger charge is 2.11. The van der Waals surface area contributed by atoms with E-state index in [1.165, 1.54) is 11.1 Å². The Labute approximate surface area is 125 Å². The van der Waals surface area contributed by atoms with Gasteiger partial charge < -0.3 is 10.8 Å². The van der Waals surface area contributed by atoms with E-state index in [1.807, 2.05) is 18.2 Å². The Hall–Kier alpha value is -2.13. The predicted octanol–water partition coefficient (Wildman–Crippen LogP) is 2.82. The average Bonchev–Trinajstić information content (AvgIpc) is 2.50. The maximum atomic E-state index is 10.7. The third-order valence-electron chi connectivity index (χ3n) is 3.57.